The van der Waals surface area contributed by atoms with Gasteiger partial charge in [-0.15, -0.1) is 5.10 Å². The summed E-state index contributed by atoms with van der Waals surface area (Å²) in [6, 6.07) is 19.6. The van der Waals surface area contributed by atoms with Gasteiger partial charge in [-0.05, 0) is 0 Å². The second kappa shape index (κ2) is 4.92. The second-order valence-corrected chi connectivity index (χ2v) is 4.78. The molecule has 6 heteroatoms. The van der Waals surface area contributed by atoms with E-state index < -0.39 is 0 Å². The van der Waals surface area contributed by atoms with Gasteiger partial charge in [0.1, 0.15) is 0 Å². The molecule has 2 aromatic heterocycles. The number of fused-ring (bicyclic) bond motifs is 1. The van der Waals surface area contributed by atoms with E-state index in [4.69, 9.17) is 5.73 Å². The van der Waals surface area contributed by atoms with Crippen LogP contribution < -0.4 is 5.73 Å². The number of hydrogen-bond acceptors (Lipinski definition) is 5. The van der Waals surface area contributed by atoms with Gasteiger partial charge in [0.2, 0.25) is 5.95 Å². The Kier molecular flexibility index (Phi) is 2.79. The summed E-state index contributed by atoms with van der Waals surface area (Å²) in [4.78, 5) is 13.3. The van der Waals surface area contributed by atoms with Crippen LogP contribution in [0.5, 0.6) is 0 Å². The first kappa shape index (κ1) is 12.5. The molecule has 4 rings (SSSR count). The first-order valence-corrected chi connectivity index (χ1v) is 6.82. The maximum atomic E-state index is 5.72. The van der Waals surface area contributed by atoms with E-state index in [2.05, 4.69) is 20.1 Å². The Morgan fingerprint density at radius 3 is 2.05 bits per heavy atom. The van der Waals surface area contributed by atoms with Gasteiger partial charge in [0.15, 0.2) is 11.6 Å². The maximum Gasteiger partial charge on any atom is 0.258 e. The topological polar surface area (TPSA) is 82.0 Å². The van der Waals surface area contributed by atoms with Crippen molar-refractivity contribution in [2.24, 2.45) is 0 Å². The summed E-state index contributed by atoms with van der Waals surface area (Å²) in [5.74, 6) is 1.87. The summed E-state index contributed by atoms with van der Waals surface area (Å²) in [6.45, 7) is 0. The van der Waals surface area contributed by atoms with Crippen LogP contribution in [0, 0.1) is 0 Å². The minimum Gasteiger partial charge on any atom is -0.366 e. The van der Waals surface area contributed by atoms with E-state index in [1.165, 1.54) is 0 Å². The molecule has 0 aliphatic heterocycles. The number of aromatic nitrogens is 5. The van der Waals surface area contributed by atoms with Gasteiger partial charge < -0.3 is 5.73 Å². The van der Waals surface area contributed by atoms with Gasteiger partial charge in [-0.2, -0.15) is 14.5 Å². The Morgan fingerprint density at radius 1 is 0.727 bits per heavy atom. The molecule has 0 saturated carbocycles. The van der Waals surface area contributed by atoms with Gasteiger partial charge >= 0.3 is 0 Å². The van der Waals surface area contributed by atoms with Gasteiger partial charge in [0, 0.05) is 11.1 Å². The summed E-state index contributed by atoms with van der Waals surface area (Å²) in [5.41, 5.74) is 7.56. The molecule has 0 aliphatic carbocycles. The highest BCUT2D eigenvalue weighted by molar-refractivity contribution is 5.64. The normalized spacial score (nSPS) is 10.9. The van der Waals surface area contributed by atoms with E-state index in [-0.39, 0.29) is 5.95 Å². The van der Waals surface area contributed by atoms with Crippen LogP contribution >= 0.6 is 0 Å². The largest absolute Gasteiger partial charge is 0.366 e. The third-order valence-electron chi connectivity index (χ3n) is 3.29. The number of nitrogens with zero attached hydrogens (tertiary/aromatic N) is 5. The molecular formula is C16H12N6. The molecule has 4 aromatic rings. The van der Waals surface area contributed by atoms with Crippen molar-refractivity contribution < 1.29 is 0 Å². The Balaban J connectivity index is 2.02. The van der Waals surface area contributed by atoms with Gasteiger partial charge in [0.25, 0.3) is 5.78 Å². The summed E-state index contributed by atoms with van der Waals surface area (Å²) < 4.78 is 1.57. The van der Waals surface area contributed by atoms with Crippen LogP contribution in [-0.4, -0.2) is 24.6 Å². The average molecular weight is 288 g/mol. The van der Waals surface area contributed by atoms with Crippen molar-refractivity contribution in [3.63, 3.8) is 0 Å². The quantitative estimate of drug-likeness (QED) is 0.612. The molecule has 0 radical (unpaired) electrons. The molecule has 22 heavy (non-hydrogen) atoms. The van der Waals surface area contributed by atoms with Crippen LogP contribution in [0.4, 0.5) is 5.95 Å². The average Bonchev–Trinajstić information content (AvgIpc) is 2.95. The molecule has 2 N–H and O–H groups in total. The molecular weight excluding hydrogens is 276 g/mol. The van der Waals surface area contributed by atoms with Gasteiger partial charge in [-0.3, -0.25) is 0 Å². The predicted octanol–water partition coefficient (Wildman–Crippen LogP) is 2.44. The second-order valence-electron chi connectivity index (χ2n) is 4.78. The van der Waals surface area contributed by atoms with Crippen molar-refractivity contribution >= 4 is 11.7 Å². The fraction of sp³-hybridized carbons (Fsp3) is 0. The Morgan fingerprint density at radius 2 is 1.36 bits per heavy atom. The maximum absolute atomic E-state index is 5.72. The first-order chi connectivity index (χ1) is 10.8. The molecule has 0 atom stereocenters. The summed E-state index contributed by atoms with van der Waals surface area (Å²) in [7, 11) is 0. The van der Waals surface area contributed by atoms with Crippen LogP contribution in [0.3, 0.4) is 0 Å². The summed E-state index contributed by atoms with van der Waals surface area (Å²) in [5, 5.41) is 4.18. The highest BCUT2D eigenvalue weighted by Gasteiger charge is 2.13. The zero-order chi connectivity index (χ0) is 14.9. The lowest BCUT2D eigenvalue weighted by Crippen LogP contribution is -2.03. The van der Waals surface area contributed by atoms with Crippen molar-refractivity contribution in [1.29, 1.82) is 0 Å². The zero-order valence-corrected chi connectivity index (χ0v) is 11.6. The molecule has 106 valence electrons. The summed E-state index contributed by atoms with van der Waals surface area (Å²) >= 11 is 0. The standard InChI is InChI=1S/C16H12N6/c17-15-20-16-19-13(11-7-3-1-4-8-11)18-14(22(16)21-15)12-9-5-2-6-10-12/h1-10H,(H2,17,21). The van der Waals surface area contributed by atoms with Gasteiger partial charge in [-0.25, -0.2) is 4.98 Å². The molecule has 2 heterocycles. The van der Waals surface area contributed by atoms with Gasteiger partial charge in [0.05, 0.1) is 0 Å². The molecule has 0 fully saturated rings. The predicted molar refractivity (Wildman–Crippen MR) is 83.9 cm³/mol. The van der Waals surface area contributed by atoms with Crippen molar-refractivity contribution in [2.75, 3.05) is 5.73 Å². The number of benzene rings is 2. The minimum atomic E-state index is 0.177. The number of nitrogens with two attached hydrogens (primary N) is 1. The minimum absolute atomic E-state index is 0.177. The van der Waals surface area contributed by atoms with Crippen molar-refractivity contribution in [2.45, 2.75) is 0 Å². The SMILES string of the molecule is Nc1nc2nc(-c3ccccc3)nc(-c3ccccc3)n2n1. The third-order valence-corrected chi connectivity index (χ3v) is 3.29. The molecule has 6 nitrogen and oxygen atoms in total. The number of rotatable bonds is 2. The lowest BCUT2D eigenvalue weighted by molar-refractivity contribution is 0.910. The molecule has 2 aromatic carbocycles. The Labute approximate surface area is 126 Å². The zero-order valence-electron chi connectivity index (χ0n) is 11.6. The fourth-order valence-electron chi connectivity index (χ4n) is 2.29. The van der Waals surface area contributed by atoms with Crippen molar-refractivity contribution in [1.82, 2.24) is 24.6 Å². The highest BCUT2D eigenvalue weighted by Crippen LogP contribution is 2.22. The highest BCUT2D eigenvalue weighted by atomic mass is 15.4. The number of nitrogen functional groups attached to an aromatic ring is 1. The van der Waals surface area contributed by atoms with Crippen LogP contribution in [0.15, 0.2) is 60.7 Å². The van der Waals surface area contributed by atoms with Crippen LogP contribution in [-0.2, 0) is 0 Å². The number of hydrogen-bond donors (Lipinski definition) is 1. The monoisotopic (exact) mass is 288 g/mol. The van der Waals surface area contributed by atoms with E-state index in [1.54, 1.807) is 4.52 Å². The Bertz CT molecular complexity index is 931. The first-order valence-electron chi connectivity index (χ1n) is 6.82. The van der Waals surface area contributed by atoms with Crippen LogP contribution in [0.25, 0.3) is 28.6 Å². The van der Waals surface area contributed by atoms with E-state index in [0.717, 1.165) is 11.1 Å². The van der Waals surface area contributed by atoms with Crippen molar-refractivity contribution in [3.05, 3.63) is 60.7 Å². The van der Waals surface area contributed by atoms with E-state index in [9.17, 15) is 0 Å². The van der Waals surface area contributed by atoms with E-state index >= 15 is 0 Å². The lowest BCUT2D eigenvalue weighted by Gasteiger charge is -2.06. The molecule has 0 aliphatic rings. The molecule has 0 unspecified atom stereocenters. The van der Waals surface area contributed by atoms with Crippen LogP contribution in [0.2, 0.25) is 0 Å². The van der Waals surface area contributed by atoms with E-state index in [0.29, 0.717) is 17.4 Å². The fourth-order valence-corrected chi connectivity index (χ4v) is 2.29. The molecule has 0 bridgehead atoms. The van der Waals surface area contributed by atoms with Gasteiger partial charge in [-0.1, -0.05) is 60.7 Å². The molecule has 0 amide bonds. The molecule has 0 spiro atoms. The lowest BCUT2D eigenvalue weighted by atomic mass is 10.2. The van der Waals surface area contributed by atoms with Crippen molar-refractivity contribution in [3.8, 4) is 22.8 Å². The molecule has 0 saturated heterocycles. The Hall–Kier alpha value is -3.28. The van der Waals surface area contributed by atoms with Crippen LogP contribution in [0.1, 0.15) is 0 Å². The number of anilines is 1. The summed E-state index contributed by atoms with van der Waals surface area (Å²) in [6.07, 6.45) is 0. The third kappa shape index (κ3) is 2.07. The smallest absolute Gasteiger partial charge is 0.258 e. The van der Waals surface area contributed by atoms with E-state index in [1.807, 2.05) is 60.7 Å².